The van der Waals surface area contributed by atoms with E-state index in [1.807, 2.05) is 6.92 Å². The highest BCUT2D eigenvalue weighted by Crippen LogP contribution is 2.27. The third-order valence-electron chi connectivity index (χ3n) is 3.90. The second-order valence-electron chi connectivity index (χ2n) is 5.81. The van der Waals surface area contributed by atoms with Crippen molar-refractivity contribution < 1.29 is 19.1 Å². The van der Waals surface area contributed by atoms with Crippen LogP contribution in [0.1, 0.15) is 35.0 Å². The van der Waals surface area contributed by atoms with Crippen molar-refractivity contribution in [3.63, 3.8) is 0 Å². The molecule has 4 N–H and O–H groups in total. The van der Waals surface area contributed by atoms with E-state index in [1.165, 1.54) is 19.2 Å². The van der Waals surface area contributed by atoms with Crippen molar-refractivity contribution in [2.45, 2.75) is 26.7 Å². The fourth-order valence-electron chi connectivity index (χ4n) is 2.51. The van der Waals surface area contributed by atoms with E-state index in [-0.39, 0.29) is 18.4 Å². The molecule has 0 fully saturated rings. The van der Waals surface area contributed by atoms with Crippen LogP contribution >= 0.6 is 0 Å². The van der Waals surface area contributed by atoms with Crippen molar-refractivity contribution in [1.29, 1.82) is 0 Å². The molecule has 10 nitrogen and oxygen atoms in total. The molecule has 0 bridgehead atoms. The quantitative estimate of drug-likeness (QED) is 0.497. The van der Waals surface area contributed by atoms with E-state index in [0.717, 1.165) is 0 Å². The van der Waals surface area contributed by atoms with Crippen LogP contribution in [0.3, 0.4) is 0 Å². The number of aromatic amines is 2. The molecule has 1 heterocycles. The van der Waals surface area contributed by atoms with E-state index < -0.39 is 23.1 Å². The van der Waals surface area contributed by atoms with E-state index in [9.17, 15) is 19.2 Å². The van der Waals surface area contributed by atoms with E-state index in [2.05, 4.69) is 20.8 Å². The number of aryl methyl sites for hydroxylation is 1. The lowest BCUT2D eigenvalue weighted by Crippen LogP contribution is -2.42. The van der Waals surface area contributed by atoms with Crippen LogP contribution in [0, 0.1) is 6.92 Å². The maximum atomic E-state index is 12.2. The Morgan fingerprint density at radius 3 is 2.50 bits per heavy atom. The molecule has 0 aliphatic heterocycles. The topological polar surface area (TPSA) is 142 Å². The molecule has 150 valence electrons. The van der Waals surface area contributed by atoms with Crippen LogP contribution in [-0.2, 0) is 11.2 Å². The molecule has 2 aromatic rings. The molecular formula is C18H22N4O6. The number of amides is 2. The number of ether oxygens (including phenoxy) is 2. The van der Waals surface area contributed by atoms with Gasteiger partial charge >= 0.3 is 5.69 Å². The number of methoxy groups -OCH3 is 1. The van der Waals surface area contributed by atoms with Crippen LogP contribution in [0.2, 0.25) is 0 Å². The summed E-state index contributed by atoms with van der Waals surface area (Å²) < 4.78 is 10.6. The number of hydrogen-bond donors (Lipinski definition) is 4. The molecule has 28 heavy (non-hydrogen) atoms. The zero-order valence-electron chi connectivity index (χ0n) is 15.8. The summed E-state index contributed by atoms with van der Waals surface area (Å²) in [7, 11) is 1.46. The van der Waals surface area contributed by atoms with Crippen LogP contribution in [0.15, 0.2) is 27.8 Å². The normalized spacial score (nSPS) is 10.2. The molecule has 2 rings (SSSR count). The molecule has 0 atom stereocenters. The minimum Gasteiger partial charge on any atom is -0.493 e. The summed E-state index contributed by atoms with van der Waals surface area (Å²) in [5, 5.41) is 0. The minimum atomic E-state index is -0.603. The van der Waals surface area contributed by atoms with Crippen LogP contribution in [0.4, 0.5) is 0 Å². The second kappa shape index (κ2) is 9.40. The van der Waals surface area contributed by atoms with Crippen molar-refractivity contribution in [2.24, 2.45) is 0 Å². The summed E-state index contributed by atoms with van der Waals surface area (Å²) in [6.45, 7) is 3.86. The van der Waals surface area contributed by atoms with Crippen LogP contribution < -0.4 is 31.6 Å². The van der Waals surface area contributed by atoms with Crippen molar-refractivity contribution >= 4 is 11.8 Å². The van der Waals surface area contributed by atoms with Gasteiger partial charge in [0.05, 0.1) is 13.7 Å². The number of carbonyl (C=O) groups is 2. The van der Waals surface area contributed by atoms with Crippen molar-refractivity contribution in [3.8, 4) is 11.5 Å². The van der Waals surface area contributed by atoms with Crippen LogP contribution in [-0.4, -0.2) is 35.5 Å². The molecule has 0 unspecified atom stereocenters. The predicted octanol–water partition coefficient (Wildman–Crippen LogP) is 0.173. The fraction of sp³-hybridized carbons (Fsp3) is 0.333. The van der Waals surface area contributed by atoms with Gasteiger partial charge in [0, 0.05) is 23.2 Å². The first kappa shape index (κ1) is 20.7. The van der Waals surface area contributed by atoms with Gasteiger partial charge in [-0.2, -0.15) is 0 Å². The number of hydrazine groups is 1. The summed E-state index contributed by atoms with van der Waals surface area (Å²) in [6, 6.07) is 4.64. The number of rotatable bonds is 7. The van der Waals surface area contributed by atoms with Gasteiger partial charge in [-0.3, -0.25) is 30.2 Å². The Morgan fingerprint density at radius 1 is 1.11 bits per heavy atom. The second-order valence-corrected chi connectivity index (χ2v) is 5.81. The zero-order chi connectivity index (χ0) is 20.7. The first-order valence-corrected chi connectivity index (χ1v) is 8.57. The Balaban J connectivity index is 1.93. The van der Waals surface area contributed by atoms with Gasteiger partial charge in [0.2, 0.25) is 5.91 Å². The smallest absolute Gasteiger partial charge is 0.325 e. The lowest BCUT2D eigenvalue weighted by molar-refractivity contribution is -0.121. The number of carbonyl (C=O) groups excluding carboxylic acids is 2. The molecule has 1 aromatic carbocycles. The molecule has 0 saturated heterocycles. The summed E-state index contributed by atoms with van der Waals surface area (Å²) >= 11 is 0. The summed E-state index contributed by atoms with van der Waals surface area (Å²) in [5.41, 5.74) is 4.41. The summed E-state index contributed by atoms with van der Waals surface area (Å²) in [4.78, 5) is 51.6. The van der Waals surface area contributed by atoms with Gasteiger partial charge in [0.25, 0.3) is 11.5 Å². The average Bonchev–Trinajstić information content (AvgIpc) is 2.65. The Kier molecular flexibility index (Phi) is 6.96. The van der Waals surface area contributed by atoms with E-state index in [1.54, 1.807) is 13.0 Å². The maximum absolute atomic E-state index is 12.2. The van der Waals surface area contributed by atoms with Crippen molar-refractivity contribution in [3.05, 3.63) is 55.9 Å². The van der Waals surface area contributed by atoms with Gasteiger partial charge in [-0.15, -0.1) is 0 Å². The Bertz CT molecular complexity index is 979. The molecule has 2 amide bonds. The number of nitrogens with one attached hydrogen (secondary N) is 4. The third-order valence-corrected chi connectivity index (χ3v) is 3.90. The van der Waals surface area contributed by atoms with Gasteiger partial charge in [-0.05, 0) is 38.5 Å². The third kappa shape index (κ3) is 5.22. The molecular weight excluding hydrogens is 368 g/mol. The van der Waals surface area contributed by atoms with Crippen LogP contribution in [0.5, 0.6) is 11.5 Å². The van der Waals surface area contributed by atoms with E-state index in [0.29, 0.717) is 29.4 Å². The van der Waals surface area contributed by atoms with Gasteiger partial charge in [-0.25, -0.2) is 4.79 Å². The van der Waals surface area contributed by atoms with Crippen LogP contribution in [0.25, 0.3) is 0 Å². The average molecular weight is 390 g/mol. The monoisotopic (exact) mass is 390 g/mol. The lowest BCUT2D eigenvalue weighted by atomic mass is 10.1. The van der Waals surface area contributed by atoms with Gasteiger partial charge < -0.3 is 14.5 Å². The van der Waals surface area contributed by atoms with Gasteiger partial charge in [0.15, 0.2) is 11.5 Å². The predicted molar refractivity (Wildman–Crippen MR) is 101 cm³/mol. The largest absolute Gasteiger partial charge is 0.493 e. The first-order valence-electron chi connectivity index (χ1n) is 8.57. The Morgan fingerprint density at radius 2 is 1.86 bits per heavy atom. The van der Waals surface area contributed by atoms with E-state index in [4.69, 9.17) is 9.47 Å². The minimum absolute atomic E-state index is 0.0527. The molecule has 1 aromatic heterocycles. The number of H-pyrrole nitrogens is 2. The molecule has 0 aliphatic rings. The van der Waals surface area contributed by atoms with Gasteiger partial charge in [0.1, 0.15) is 0 Å². The fourth-order valence-corrected chi connectivity index (χ4v) is 2.51. The number of benzene rings is 1. The SMILES string of the molecule is CCOc1ccc(C(=O)NNC(=O)CCc2c(C)[nH]c(=O)[nH]c2=O)cc1OC. The highest BCUT2D eigenvalue weighted by atomic mass is 16.5. The Hall–Kier alpha value is -3.56. The van der Waals surface area contributed by atoms with E-state index >= 15 is 0 Å². The van der Waals surface area contributed by atoms with Crippen molar-refractivity contribution in [1.82, 2.24) is 20.8 Å². The standard InChI is InChI=1S/C18H22N4O6/c1-4-28-13-7-5-11(9-14(13)27-3)16(24)22-21-15(23)8-6-12-10(2)19-18(26)20-17(12)25/h5,7,9H,4,6,8H2,1-3H3,(H,21,23)(H,22,24)(H2,19,20,25,26). The molecule has 0 radical (unpaired) electrons. The molecule has 0 aliphatic carbocycles. The first-order chi connectivity index (χ1) is 13.3. The molecule has 0 saturated carbocycles. The van der Waals surface area contributed by atoms with Gasteiger partial charge in [-0.1, -0.05) is 0 Å². The lowest BCUT2D eigenvalue weighted by Gasteiger charge is -2.11. The zero-order valence-corrected chi connectivity index (χ0v) is 15.8. The molecule has 0 spiro atoms. The van der Waals surface area contributed by atoms with Crippen molar-refractivity contribution in [2.75, 3.05) is 13.7 Å². The maximum Gasteiger partial charge on any atom is 0.325 e. The highest BCUT2D eigenvalue weighted by molar-refractivity contribution is 5.96. The Labute approximate surface area is 160 Å². The molecule has 10 heteroatoms. The summed E-state index contributed by atoms with van der Waals surface area (Å²) in [5.74, 6) is -0.121. The highest BCUT2D eigenvalue weighted by Gasteiger charge is 2.13. The number of hydrogen-bond acceptors (Lipinski definition) is 6. The number of aromatic nitrogens is 2. The summed E-state index contributed by atoms with van der Waals surface area (Å²) in [6.07, 6.45) is 0.0549.